The number of piperazine rings is 1. The largest absolute Gasteiger partial charge is 0.312 e. The Labute approximate surface area is 105 Å². The molecule has 2 atom stereocenters. The lowest BCUT2D eigenvalue weighted by Gasteiger charge is -2.40. The molecule has 1 saturated heterocycles. The predicted molar refractivity (Wildman–Crippen MR) is 73.1 cm³/mol. The molecule has 2 rings (SSSR count). The second kappa shape index (κ2) is 5.65. The molecule has 1 aliphatic rings. The van der Waals surface area contributed by atoms with Gasteiger partial charge in [0.15, 0.2) is 0 Å². The van der Waals surface area contributed by atoms with Crippen molar-refractivity contribution in [3.63, 3.8) is 0 Å². The van der Waals surface area contributed by atoms with Gasteiger partial charge >= 0.3 is 0 Å². The van der Waals surface area contributed by atoms with Crippen LogP contribution in [0.15, 0.2) is 30.3 Å². The Balaban J connectivity index is 2.17. The van der Waals surface area contributed by atoms with Crippen LogP contribution in [-0.4, -0.2) is 30.6 Å². The molecule has 0 aromatic heterocycles. The summed E-state index contributed by atoms with van der Waals surface area (Å²) in [5.41, 5.74) is 1.46. The van der Waals surface area contributed by atoms with E-state index in [0.29, 0.717) is 18.0 Å². The Bertz CT molecular complexity index is 334. The zero-order valence-electron chi connectivity index (χ0n) is 11.2. The van der Waals surface area contributed by atoms with E-state index < -0.39 is 0 Å². The molecule has 94 valence electrons. The summed E-state index contributed by atoms with van der Waals surface area (Å²) < 4.78 is 0. The van der Waals surface area contributed by atoms with E-state index >= 15 is 0 Å². The molecule has 0 saturated carbocycles. The van der Waals surface area contributed by atoms with E-state index in [-0.39, 0.29) is 0 Å². The molecule has 1 fully saturated rings. The van der Waals surface area contributed by atoms with E-state index in [1.54, 1.807) is 0 Å². The molecule has 1 aromatic rings. The highest BCUT2D eigenvalue weighted by atomic mass is 15.2. The molecule has 2 nitrogen and oxygen atoms in total. The van der Waals surface area contributed by atoms with Crippen LogP contribution in [0, 0.1) is 5.92 Å². The molecule has 0 aliphatic carbocycles. The van der Waals surface area contributed by atoms with Gasteiger partial charge in [-0.05, 0) is 18.4 Å². The Morgan fingerprint density at radius 1 is 1.24 bits per heavy atom. The lowest BCUT2D eigenvalue weighted by Crippen LogP contribution is -2.51. The summed E-state index contributed by atoms with van der Waals surface area (Å²) in [7, 11) is 0. The highest BCUT2D eigenvalue weighted by molar-refractivity contribution is 5.19. The van der Waals surface area contributed by atoms with Gasteiger partial charge in [-0.15, -0.1) is 0 Å². The smallest absolute Gasteiger partial charge is 0.0372 e. The number of nitrogens with zero attached hydrogens (tertiary/aromatic N) is 1. The van der Waals surface area contributed by atoms with Gasteiger partial charge in [-0.1, -0.05) is 44.2 Å². The third kappa shape index (κ3) is 3.08. The fraction of sp³-hybridized carbons (Fsp3) is 0.600. The average molecular weight is 232 g/mol. The van der Waals surface area contributed by atoms with Gasteiger partial charge in [-0.25, -0.2) is 0 Å². The van der Waals surface area contributed by atoms with Crippen LogP contribution in [0.2, 0.25) is 0 Å². The summed E-state index contributed by atoms with van der Waals surface area (Å²) in [5, 5.41) is 3.52. The van der Waals surface area contributed by atoms with Gasteiger partial charge in [-0.3, -0.25) is 4.90 Å². The van der Waals surface area contributed by atoms with Crippen molar-refractivity contribution < 1.29 is 0 Å². The Morgan fingerprint density at radius 3 is 2.53 bits per heavy atom. The molecule has 1 aliphatic heterocycles. The van der Waals surface area contributed by atoms with Crippen molar-refractivity contribution >= 4 is 0 Å². The van der Waals surface area contributed by atoms with Crippen LogP contribution in [-0.2, 0) is 0 Å². The third-order valence-electron chi connectivity index (χ3n) is 3.57. The molecule has 17 heavy (non-hydrogen) atoms. The third-order valence-corrected chi connectivity index (χ3v) is 3.57. The van der Waals surface area contributed by atoms with Crippen LogP contribution in [0.4, 0.5) is 0 Å². The quantitative estimate of drug-likeness (QED) is 0.862. The van der Waals surface area contributed by atoms with Gasteiger partial charge in [0.05, 0.1) is 0 Å². The zero-order valence-corrected chi connectivity index (χ0v) is 11.2. The molecule has 2 heteroatoms. The molecule has 1 heterocycles. The van der Waals surface area contributed by atoms with Crippen molar-refractivity contribution in [2.75, 3.05) is 19.6 Å². The summed E-state index contributed by atoms with van der Waals surface area (Å²) in [6, 6.07) is 12.1. The maximum absolute atomic E-state index is 3.52. The fourth-order valence-corrected chi connectivity index (χ4v) is 2.88. The number of hydrogen-bond acceptors (Lipinski definition) is 2. The van der Waals surface area contributed by atoms with E-state index in [9.17, 15) is 0 Å². The first kappa shape index (κ1) is 12.6. The van der Waals surface area contributed by atoms with Gasteiger partial charge in [-0.2, -0.15) is 0 Å². The van der Waals surface area contributed by atoms with Crippen LogP contribution in [0.3, 0.4) is 0 Å². The normalized spacial score (nSPS) is 23.9. The lowest BCUT2D eigenvalue weighted by atomic mass is 9.93. The Hall–Kier alpha value is -0.860. The van der Waals surface area contributed by atoms with Crippen molar-refractivity contribution in [1.82, 2.24) is 10.2 Å². The number of nitrogens with one attached hydrogen (secondary N) is 1. The number of rotatable bonds is 3. The van der Waals surface area contributed by atoms with Crippen molar-refractivity contribution in [2.24, 2.45) is 5.92 Å². The first-order chi connectivity index (χ1) is 8.18. The molecule has 0 amide bonds. The number of hydrogen-bond donors (Lipinski definition) is 1. The summed E-state index contributed by atoms with van der Waals surface area (Å²) in [4.78, 5) is 2.63. The summed E-state index contributed by atoms with van der Waals surface area (Å²) >= 11 is 0. The molecule has 0 spiro atoms. The highest BCUT2D eigenvalue weighted by Crippen LogP contribution is 2.29. The summed E-state index contributed by atoms with van der Waals surface area (Å²) in [6.07, 6.45) is 0. The molecule has 1 aromatic carbocycles. The standard InChI is InChI=1S/C15H24N2/c1-12(2)15(14-7-5-4-6-8-14)17-10-9-16-13(3)11-17/h4-8,12-13,15-16H,9-11H2,1-3H3. The van der Waals surface area contributed by atoms with Gasteiger partial charge in [0, 0.05) is 31.7 Å². The van der Waals surface area contributed by atoms with Crippen LogP contribution in [0.1, 0.15) is 32.4 Å². The average Bonchev–Trinajstić information content (AvgIpc) is 2.30. The second-order valence-electron chi connectivity index (χ2n) is 5.45. The SMILES string of the molecule is CC1CN(C(c2ccccc2)C(C)C)CCN1. The minimum Gasteiger partial charge on any atom is -0.312 e. The predicted octanol–water partition coefficient (Wildman–Crippen LogP) is 2.68. The topological polar surface area (TPSA) is 15.3 Å². The minimum atomic E-state index is 0.556. The van der Waals surface area contributed by atoms with E-state index in [4.69, 9.17) is 0 Å². The zero-order chi connectivity index (χ0) is 12.3. The van der Waals surface area contributed by atoms with Gasteiger partial charge in [0.1, 0.15) is 0 Å². The van der Waals surface area contributed by atoms with Crippen molar-refractivity contribution in [2.45, 2.75) is 32.9 Å². The van der Waals surface area contributed by atoms with Crippen LogP contribution in [0.5, 0.6) is 0 Å². The lowest BCUT2D eigenvalue weighted by molar-refractivity contribution is 0.117. The molecular formula is C15H24N2. The highest BCUT2D eigenvalue weighted by Gasteiger charge is 2.26. The first-order valence-electron chi connectivity index (χ1n) is 6.71. The molecule has 1 N–H and O–H groups in total. The minimum absolute atomic E-state index is 0.556. The fourth-order valence-electron chi connectivity index (χ4n) is 2.88. The van der Waals surface area contributed by atoms with Crippen molar-refractivity contribution in [3.8, 4) is 0 Å². The van der Waals surface area contributed by atoms with Crippen LogP contribution >= 0.6 is 0 Å². The van der Waals surface area contributed by atoms with E-state index in [1.165, 1.54) is 5.56 Å². The summed E-state index contributed by atoms with van der Waals surface area (Å²) in [6.45, 7) is 10.3. The van der Waals surface area contributed by atoms with E-state index in [2.05, 4.69) is 61.3 Å². The molecule has 2 unspecified atom stereocenters. The molecular weight excluding hydrogens is 208 g/mol. The van der Waals surface area contributed by atoms with E-state index in [0.717, 1.165) is 19.6 Å². The molecule has 0 radical (unpaired) electrons. The van der Waals surface area contributed by atoms with Crippen LogP contribution < -0.4 is 5.32 Å². The van der Waals surface area contributed by atoms with Gasteiger partial charge < -0.3 is 5.32 Å². The van der Waals surface area contributed by atoms with Crippen molar-refractivity contribution in [3.05, 3.63) is 35.9 Å². The maximum atomic E-state index is 3.52. The summed E-state index contributed by atoms with van der Waals surface area (Å²) in [5.74, 6) is 0.655. The number of benzene rings is 1. The van der Waals surface area contributed by atoms with Gasteiger partial charge in [0.25, 0.3) is 0 Å². The van der Waals surface area contributed by atoms with Gasteiger partial charge in [0.2, 0.25) is 0 Å². The van der Waals surface area contributed by atoms with Crippen LogP contribution in [0.25, 0.3) is 0 Å². The maximum Gasteiger partial charge on any atom is 0.0372 e. The van der Waals surface area contributed by atoms with Crippen molar-refractivity contribution in [1.29, 1.82) is 0 Å². The second-order valence-corrected chi connectivity index (χ2v) is 5.45. The van der Waals surface area contributed by atoms with E-state index in [1.807, 2.05) is 0 Å². The first-order valence-corrected chi connectivity index (χ1v) is 6.71. The molecule has 0 bridgehead atoms. The Morgan fingerprint density at radius 2 is 1.94 bits per heavy atom. The Kier molecular flexibility index (Phi) is 4.19. The monoisotopic (exact) mass is 232 g/mol.